The Morgan fingerprint density at radius 2 is 1.58 bits per heavy atom. The molecule has 0 aliphatic carbocycles. The summed E-state index contributed by atoms with van der Waals surface area (Å²) >= 11 is 0. The molecule has 2 aromatic carbocycles. The molecule has 0 unspecified atom stereocenters. The molecule has 3 nitrogen and oxygen atoms in total. The van der Waals surface area contributed by atoms with Gasteiger partial charge in [-0.15, -0.1) is 0 Å². The van der Waals surface area contributed by atoms with Crippen molar-refractivity contribution in [2.75, 3.05) is 0 Å². The third-order valence-electron chi connectivity index (χ3n) is 3.40. The molecular weight excluding hydrogens is 240 g/mol. The quantitative estimate of drug-likeness (QED) is 0.737. The Morgan fingerprint density at radius 1 is 0.842 bits per heavy atom. The van der Waals surface area contributed by atoms with Crippen molar-refractivity contribution in [3.05, 3.63) is 41.5 Å². The van der Waals surface area contributed by atoms with Gasteiger partial charge in [0.1, 0.15) is 5.75 Å². The predicted octanol–water partition coefficient (Wildman–Crippen LogP) is 3.60. The zero-order valence-electron chi connectivity index (χ0n) is 11.1. The van der Waals surface area contributed by atoms with Gasteiger partial charge >= 0.3 is 0 Å². The highest BCUT2D eigenvalue weighted by Crippen LogP contribution is 2.38. The minimum absolute atomic E-state index is 0.163. The summed E-state index contributed by atoms with van der Waals surface area (Å²) in [7, 11) is 0. The summed E-state index contributed by atoms with van der Waals surface area (Å²) in [6, 6.07) is 8.39. The van der Waals surface area contributed by atoms with Crippen LogP contribution in [0.25, 0.3) is 11.1 Å². The Kier molecular flexibility index (Phi) is 3.65. The first-order valence-corrected chi connectivity index (χ1v) is 6.44. The fourth-order valence-corrected chi connectivity index (χ4v) is 2.33. The van der Waals surface area contributed by atoms with Crippen LogP contribution in [-0.2, 0) is 12.8 Å². The average molecular weight is 258 g/mol. The Bertz CT molecular complexity index is 603. The van der Waals surface area contributed by atoms with E-state index in [1.165, 1.54) is 12.1 Å². The summed E-state index contributed by atoms with van der Waals surface area (Å²) in [6.07, 6.45) is 1.63. The molecule has 100 valence electrons. The van der Waals surface area contributed by atoms with Crippen molar-refractivity contribution in [3.8, 4) is 28.4 Å². The molecule has 0 bridgehead atoms. The molecule has 2 rings (SSSR count). The van der Waals surface area contributed by atoms with Gasteiger partial charge in [-0.25, -0.2) is 0 Å². The van der Waals surface area contributed by atoms with E-state index in [0.29, 0.717) is 11.1 Å². The lowest BCUT2D eigenvalue weighted by Gasteiger charge is -2.13. The molecule has 0 aromatic heterocycles. The van der Waals surface area contributed by atoms with E-state index in [-0.39, 0.29) is 17.2 Å². The maximum atomic E-state index is 10.4. The van der Waals surface area contributed by atoms with Gasteiger partial charge in [-0.3, -0.25) is 0 Å². The summed E-state index contributed by atoms with van der Waals surface area (Å²) in [6.45, 7) is 4.06. The highest BCUT2D eigenvalue weighted by Gasteiger charge is 2.13. The van der Waals surface area contributed by atoms with Gasteiger partial charge in [0.05, 0.1) is 0 Å². The monoisotopic (exact) mass is 258 g/mol. The smallest absolute Gasteiger partial charge is 0.158 e. The zero-order chi connectivity index (χ0) is 14.0. The lowest BCUT2D eigenvalue weighted by molar-refractivity contribution is 0.404. The van der Waals surface area contributed by atoms with Crippen LogP contribution < -0.4 is 0 Å². The summed E-state index contributed by atoms with van der Waals surface area (Å²) in [4.78, 5) is 0. The molecule has 0 radical (unpaired) electrons. The Morgan fingerprint density at radius 3 is 2.16 bits per heavy atom. The maximum absolute atomic E-state index is 10.4. The summed E-state index contributed by atoms with van der Waals surface area (Å²) in [5.74, 6) is -0.0920. The number of rotatable bonds is 3. The molecule has 0 aliphatic rings. The lowest BCUT2D eigenvalue weighted by Crippen LogP contribution is -1.93. The zero-order valence-corrected chi connectivity index (χ0v) is 11.1. The number of hydrogen-bond acceptors (Lipinski definition) is 3. The Labute approximate surface area is 112 Å². The average Bonchev–Trinajstić information content (AvgIpc) is 2.41. The summed E-state index contributed by atoms with van der Waals surface area (Å²) in [5, 5.41) is 29.2. The van der Waals surface area contributed by atoms with Gasteiger partial charge in [0.2, 0.25) is 0 Å². The van der Waals surface area contributed by atoms with Crippen molar-refractivity contribution in [3.63, 3.8) is 0 Å². The van der Waals surface area contributed by atoms with Gasteiger partial charge in [-0.05, 0) is 41.7 Å². The van der Waals surface area contributed by atoms with Gasteiger partial charge in [0.15, 0.2) is 11.5 Å². The first-order valence-electron chi connectivity index (χ1n) is 6.44. The van der Waals surface area contributed by atoms with Gasteiger partial charge in [0, 0.05) is 5.56 Å². The van der Waals surface area contributed by atoms with Crippen molar-refractivity contribution in [1.29, 1.82) is 0 Å². The van der Waals surface area contributed by atoms with Crippen LogP contribution in [0.1, 0.15) is 25.0 Å². The van der Waals surface area contributed by atoms with E-state index < -0.39 is 0 Å². The van der Waals surface area contributed by atoms with Crippen molar-refractivity contribution in [2.24, 2.45) is 0 Å². The second kappa shape index (κ2) is 5.22. The van der Waals surface area contributed by atoms with Crippen LogP contribution in [0, 0.1) is 0 Å². The van der Waals surface area contributed by atoms with Crippen LogP contribution in [0.4, 0.5) is 0 Å². The molecule has 0 saturated carbocycles. The molecule has 3 heteroatoms. The third-order valence-corrected chi connectivity index (χ3v) is 3.40. The van der Waals surface area contributed by atoms with Crippen LogP contribution in [-0.4, -0.2) is 15.3 Å². The van der Waals surface area contributed by atoms with Crippen molar-refractivity contribution in [2.45, 2.75) is 26.7 Å². The molecule has 0 spiro atoms. The molecule has 2 aromatic rings. The molecule has 0 amide bonds. The van der Waals surface area contributed by atoms with E-state index in [9.17, 15) is 15.3 Å². The van der Waals surface area contributed by atoms with E-state index >= 15 is 0 Å². The first kappa shape index (κ1) is 13.3. The molecule has 0 atom stereocenters. The molecule has 0 saturated heterocycles. The highest BCUT2D eigenvalue weighted by atomic mass is 16.3. The normalized spacial score (nSPS) is 10.6. The minimum Gasteiger partial charge on any atom is -0.507 e. The number of benzene rings is 2. The second-order valence-electron chi connectivity index (χ2n) is 4.51. The van der Waals surface area contributed by atoms with Gasteiger partial charge in [-0.1, -0.05) is 32.0 Å². The maximum Gasteiger partial charge on any atom is 0.158 e. The minimum atomic E-state index is -0.186. The van der Waals surface area contributed by atoms with Crippen LogP contribution in [0.5, 0.6) is 17.2 Å². The van der Waals surface area contributed by atoms with Crippen LogP contribution >= 0.6 is 0 Å². The van der Waals surface area contributed by atoms with Gasteiger partial charge in [-0.2, -0.15) is 0 Å². The van der Waals surface area contributed by atoms with E-state index in [1.54, 1.807) is 6.07 Å². The van der Waals surface area contributed by atoms with Crippen LogP contribution in [0.15, 0.2) is 30.3 Å². The molecule has 0 heterocycles. The molecule has 19 heavy (non-hydrogen) atoms. The Hall–Kier alpha value is -2.16. The molecule has 3 N–H and O–H groups in total. The van der Waals surface area contributed by atoms with E-state index in [0.717, 1.165) is 24.0 Å². The van der Waals surface area contributed by atoms with Crippen LogP contribution in [0.3, 0.4) is 0 Å². The van der Waals surface area contributed by atoms with Crippen LogP contribution in [0.2, 0.25) is 0 Å². The standard InChI is InChI=1S/C16H18O3/c1-3-10-5-7-13(16(19)12(10)4-2)11-6-8-14(17)15(18)9-11/h5-9,17-19H,3-4H2,1-2H3. The van der Waals surface area contributed by atoms with Crippen molar-refractivity contribution < 1.29 is 15.3 Å². The molecule has 0 aliphatic heterocycles. The topological polar surface area (TPSA) is 60.7 Å². The Balaban J connectivity index is 2.59. The largest absolute Gasteiger partial charge is 0.507 e. The molecule has 0 fully saturated rings. The predicted molar refractivity (Wildman–Crippen MR) is 75.6 cm³/mol. The first-order chi connectivity index (χ1) is 9.08. The number of hydrogen-bond donors (Lipinski definition) is 3. The SMILES string of the molecule is CCc1ccc(-c2ccc(O)c(O)c2)c(O)c1CC. The van der Waals surface area contributed by atoms with E-state index in [2.05, 4.69) is 6.92 Å². The van der Waals surface area contributed by atoms with Crippen molar-refractivity contribution >= 4 is 0 Å². The highest BCUT2D eigenvalue weighted by molar-refractivity contribution is 5.74. The number of phenols is 3. The third kappa shape index (κ3) is 2.36. The van der Waals surface area contributed by atoms with E-state index in [4.69, 9.17) is 0 Å². The van der Waals surface area contributed by atoms with Crippen molar-refractivity contribution in [1.82, 2.24) is 0 Å². The summed E-state index contributed by atoms with van der Waals surface area (Å²) in [5.41, 5.74) is 3.42. The van der Waals surface area contributed by atoms with Gasteiger partial charge < -0.3 is 15.3 Å². The number of phenolic OH excluding ortho intramolecular Hbond substituents is 3. The fraction of sp³-hybridized carbons (Fsp3) is 0.250. The van der Waals surface area contributed by atoms with E-state index in [1.807, 2.05) is 19.1 Å². The van der Waals surface area contributed by atoms with Gasteiger partial charge in [0.25, 0.3) is 0 Å². The second-order valence-corrected chi connectivity index (χ2v) is 4.51. The number of aromatic hydroxyl groups is 3. The lowest BCUT2D eigenvalue weighted by atomic mass is 9.95. The number of aryl methyl sites for hydroxylation is 1. The molecular formula is C16H18O3. The fourth-order valence-electron chi connectivity index (χ4n) is 2.33. The summed E-state index contributed by atoms with van der Waals surface area (Å²) < 4.78 is 0.